The molecule has 0 unspecified atom stereocenters. The largest absolute Gasteiger partial charge is 0.388 e. The van der Waals surface area contributed by atoms with Gasteiger partial charge in [-0.1, -0.05) is 128 Å². The summed E-state index contributed by atoms with van der Waals surface area (Å²) in [4.78, 5) is 0. The molecule has 0 fully saturated rings. The van der Waals surface area contributed by atoms with Crippen LogP contribution in [0.1, 0.15) is 0 Å². The molecule has 0 bridgehead atoms. The third-order valence-electron chi connectivity index (χ3n) is 4.33. The van der Waals surface area contributed by atoms with Gasteiger partial charge >= 0.3 is 0 Å². The Hall–Kier alpha value is -3.84. The van der Waals surface area contributed by atoms with Crippen molar-refractivity contribution in [3.8, 4) is 22.3 Å². The van der Waals surface area contributed by atoms with E-state index in [1.165, 1.54) is 22.3 Å². The zero-order valence-corrected chi connectivity index (χ0v) is 17.5. The molecule has 0 aliphatic heterocycles. The topological polar surface area (TPSA) is 12.0 Å². The number of anilines is 1. The first-order chi connectivity index (χ1) is 14.8. The van der Waals surface area contributed by atoms with Crippen LogP contribution in [0, 0.1) is 0 Å². The van der Waals surface area contributed by atoms with E-state index in [9.17, 15) is 0 Å². The molecule has 0 heterocycles. The van der Waals surface area contributed by atoms with Gasteiger partial charge in [0.05, 0.1) is 0 Å². The van der Waals surface area contributed by atoms with Crippen LogP contribution in [-0.4, -0.2) is 7.05 Å². The number of hydrogen-bond donors (Lipinski definition) is 1. The molecule has 150 valence electrons. The molecule has 30 heavy (non-hydrogen) atoms. The highest BCUT2D eigenvalue weighted by Crippen LogP contribution is 2.24. The molecule has 4 aromatic carbocycles. The van der Waals surface area contributed by atoms with Crippen molar-refractivity contribution in [1.82, 2.24) is 0 Å². The van der Waals surface area contributed by atoms with Crippen LogP contribution < -0.4 is 5.32 Å². The molecular weight excluding hydrogens is 362 g/mol. The van der Waals surface area contributed by atoms with E-state index in [-0.39, 0.29) is 0 Å². The molecule has 4 rings (SSSR count). The van der Waals surface area contributed by atoms with E-state index in [0.717, 1.165) is 5.69 Å². The number of benzene rings is 4. The van der Waals surface area contributed by atoms with Gasteiger partial charge in [0, 0.05) is 12.7 Å². The molecule has 1 N–H and O–H groups in total. The minimum absolute atomic E-state index is 1.16. The number of para-hydroxylation sites is 1. The Kier molecular flexibility index (Phi) is 9.99. The lowest BCUT2D eigenvalue weighted by atomic mass is 10.0. The maximum atomic E-state index is 3.36. The van der Waals surface area contributed by atoms with Crippen LogP contribution in [0.3, 0.4) is 0 Å². The summed E-state index contributed by atoms with van der Waals surface area (Å²) >= 11 is 0. The summed E-state index contributed by atoms with van der Waals surface area (Å²) in [5, 5.41) is 3.03. The van der Waals surface area contributed by atoms with Gasteiger partial charge in [0.2, 0.25) is 0 Å². The summed E-state index contributed by atoms with van der Waals surface area (Å²) in [7, 11) is 1.91. The van der Waals surface area contributed by atoms with Crippen LogP contribution in [0.5, 0.6) is 0 Å². The lowest BCUT2D eigenvalue weighted by Gasteiger charge is -2.04. The Balaban J connectivity index is 0.000000222. The van der Waals surface area contributed by atoms with Crippen molar-refractivity contribution >= 4 is 5.69 Å². The predicted molar refractivity (Wildman–Crippen MR) is 134 cm³/mol. The zero-order valence-electron chi connectivity index (χ0n) is 17.5. The molecule has 0 spiro atoms. The smallest absolute Gasteiger partial charge is 0.0337 e. The molecule has 0 saturated heterocycles. The second-order valence-electron chi connectivity index (χ2n) is 6.40. The van der Waals surface area contributed by atoms with Crippen molar-refractivity contribution in [1.29, 1.82) is 0 Å². The van der Waals surface area contributed by atoms with Gasteiger partial charge in [0.25, 0.3) is 0 Å². The van der Waals surface area contributed by atoms with Gasteiger partial charge in [0.15, 0.2) is 0 Å². The molecule has 0 aromatic heterocycles. The molecular formula is C29H29N. The molecule has 4 aromatic rings. The molecule has 1 nitrogen and oxygen atoms in total. The van der Waals surface area contributed by atoms with Crippen molar-refractivity contribution in [2.45, 2.75) is 0 Å². The molecule has 0 atom stereocenters. The second-order valence-corrected chi connectivity index (χ2v) is 6.40. The van der Waals surface area contributed by atoms with Crippen molar-refractivity contribution in [3.05, 3.63) is 141 Å². The summed E-state index contributed by atoms with van der Waals surface area (Å²) in [6.45, 7) is 6.72. The summed E-state index contributed by atoms with van der Waals surface area (Å²) in [6.07, 6.45) is 3.28. The van der Waals surface area contributed by atoms with E-state index >= 15 is 0 Å². The van der Waals surface area contributed by atoms with Crippen molar-refractivity contribution in [2.75, 3.05) is 12.4 Å². The fourth-order valence-electron chi connectivity index (χ4n) is 2.72. The molecule has 0 aliphatic carbocycles. The van der Waals surface area contributed by atoms with Crippen molar-refractivity contribution in [2.24, 2.45) is 0 Å². The van der Waals surface area contributed by atoms with Crippen LogP contribution in [-0.2, 0) is 0 Å². The Bertz CT molecular complexity index is 908. The van der Waals surface area contributed by atoms with Gasteiger partial charge in [0.1, 0.15) is 0 Å². The first-order valence-corrected chi connectivity index (χ1v) is 9.95. The highest BCUT2D eigenvalue weighted by atomic mass is 14.8. The molecule has 0 amide bonds. The average molecular weight is 392 g/mol. The summed E-state index contributed by atoms with van der Waals surface area (Å²) in [6, 6.07) is 39.7. The predicted octanol–water partition coefficient (Wildman–Crippen LogP) is 8.11. The van der Waals surface area contributed by atoms with E-state index in [1.54, 1.807) is 12.2 Å². The first kappa shape index (κ1) is 22.4. The van der Waals surface area contributed by atoms with Gasteiger partial charge in [-0.25, -0.2) is 0 Å². The highest BCUT2D eigenvalue weighted by Gasteiger charge is 1.98. The summed E-state index contributed by atoms with van der Waals surface area (Å²) < 4.78 is 0. The third-order valence-corrected chi connectivity index (χ3v) is 4.33. The standard InChI is InChI=1S/C18H14.C7H9N.C4H6/c1-3-7-15(8-4-1)17-11-13-18(14-12-17)16-9-5-2-6-10-16;1-8-7-5-3-2-4-6-7;1-3-4-2/h1-14H;2-6,8H,1H3;3-4H,1-2H2. The molecule has 1 heteroatoms. The van der Waals surface area contributed by atoms with Crippen molar-refractivity contribution in [3.63, 3.8) is 0 Å². The van der Waals surface area contributed by atoms with Gasteiger partial charge in [-0.3, -0.25) is 0 Å². The quantitative estimate of drug-likeness (QED) is 0.346. The van der Waals surface area contributed by atoms with Crippen molar-refractivity contribution < 1.29 is 0 Å². The highest BCUT2D eigenvalue weighted by molar-refractivity contribution is 5.70. The van der Waals surface area contributed by atoms with E-state index < -0.39 is 0 Å². The van der Waals surface area contributed by atoms with E-state index in [4.69, 9.17) is 0 Å². The molecule has 0 radical (unpaired) electrons. The SMILES string of the molecule is C=CC=C.CNc1ccccc1.c1ccc(-c2ccc(-c3ccccc3)cc2)cc1. The Morgan fingerprint density at radius 2 is 0.767 bits per heavy atom. The maximum Gasteiger partial charge on any atom is 0.0337 e. The monoisotopic (exact) mass is 391 g/mol. The van der Waals surface area contributed by atoms with E-state index in [0.29, 0.717) is 0 Å². The minimum Gasteiger partial charge on any atom is -0.388 e. The van der Waals surface area contributed by atoms with E-state index in [1.807, 2.05) is 49.5 Å². The Morgan fingerprint density at radius 1 is 0.467 bits per heavy atom. The Morgan fingerprint density at radius 3 is 1.03 bits per heavy atom. The second kappa shape index (κ2) is 13.4. The maximum absolute atomic E-state index is 3.36. The van der Waals surface area contributed by atoms with Crippen LogP contribution in [0.4, 0.5) is 5.69 Å². The fourth-order valence-corrected chi connectivity index (χ4v) is 2.72. The Labute approximate surface area is 181 Å². The molecule has 0 saturated carbocycles. The number of nitrogens with one attached hydrogen (secondary N) is 1. The van der Waals surface area contributed by atoms with Crippen LogP contribution >= 0.6 is 0 Å². The number of rotatable bonds is 4. The zero-order chi connectivity index (χ0) is 21.4. The number of hydrogen-bond acceptors (Lipinski definition) is 1. The summed E-state index contributed by atoms with van der Waals surface area (Å²) in [5.41, 5.74) is 6.20. The van der Waals surface area contributed by atoms with Crippen LogP contribution in [0.15, 0.2) is 141 Å². The average Bonchev–Trinajstić information content (AvgIpc) is 2.86. The molecule has 0 aliphatic rings. The van der Waals surface area contributed by atoms with Gasteiger partial charge < -0.3 is 5.32 Å². The van der Waals surface area contributed by atoms with Gasteiger partial charge in [-0.05, 0) is 34.4 Å². The number of allylic oxidation sites excluding steroid dienone is 2. The summed E-state index contributed by atoms with van der Waals surface area (Å²) in [5.74, 6) is 0. The minimum atomic E-state index is 1.16. The fraction of sp³-hybridized carbons (Fsp3) is 0.0345. The lowest BCUT2D eigenvalue weighted by molar-refractivity contribution is 1.51. The lowest BCUT2D eigenvalue weighted by Crippen LogP contribution is -1.84. The van der Waals surface area contributed by atoms with Crippen LogP contribution in [0.2, 0.25) is 0 Å². The van der Waals surface area contributed by atoms with Gasteiger partial charge in [-0.2, -0.15) is 0 Å². The van der Waals surface area contributed by atoms with E-state index in [2.05, 4.69) is 91.3 Å². The third kappa shape index (κ3) is 7.65. The normalized spacial score (nSPS) is 9.10. The van der Waals surface area contributed by atoms with Crippen LogP contribution in [0.25, 0.3) is 22.3 Å². The first-order valence-electron chi connectivity index (χ1n) is 9.95. The van der Waals surface area contributed by atoms with Gasteiger partial charge in [-0.15, -0.1) is 0 Å².